The molecule has 37 heavy (non-hydrogen) atoms. The third-order valence-electron chi connectivity index (χ3n) is 6.48. The second-order valence-corrected chi connectivity index (χ2v) is 8.81. The van der Waals surface area contributed by atoms with Crippen LogP contribution < -0.4 is 5.32 Å². The summed E-state index contributed by atoms with van der Waals surface area (Å²) in [6.45, 7) is 0.608. The molecular weight excluding hydrogens is 480 g/mol. The van der Waals surface area contributed by atoms with E-state index in [1.807, 2.05) is 0 Å². The van der Waals surface area contributed by atoms with Gasteiger partial charge >= 0.3 is 0 Å². The number of amides is 4. The standard InChI is InChI=1S/C24H20N8O5/c33-18-7-6-17(22(34)28-18)32-23(35)13-3-2-10-31(20(13)24(32)36)12-19-29-21(30-37-19)15-5-1-4-14(27-15)16-11-25-8-9-26-16/h1,4-5,8-9,11,17H,2-3,6-7,10,12H2,(H,28,33,34). The van der Waals surface area contributed by atoms with Crippen molar-refractivity contribution in [2.45, 2.75) is 38.3 Å². The van der Waals surface area contributed by atoms with Gasteiger partial charge in [-0.05, 0) is 31.4 Å². The monoisotopic (exact) mass is 500 g/mol. The van der Waals surface area contributed by atoms with Gasteiger partial charge in [0.2, 0.25) is 23.5 Å². The van der Waals surface area contributed by atoms with Gasteiger partial charge in [-0.2, -0.15) is 4.98 Å². The summed E-state index contributed by atoms with van der Waals surface area (Å²) in [4.78, 5) is 70.3. The van der Waals surface area contributed by atoms with Crippen molar-refractivity contribution < 1.29 is 23.7 Å². The second-order valence-electron chi connectivity index (χ2n) is 8.81. The Labute approximate surface area is 209 Å². The lowest BCUT2D eigenvalue weighted by Gasteiger charge is -2.29. The molecule has 3 aliphatic rings. The summed E-state index contributed by atoms with van der Waals surface area (Å²) in [7, 11) is 0. The Kier molecular flexibility index (Phi) is 5.51. The first kappa shape index (κ1) is 22.6. The van der Waals surface area contributed by atoms with Crippen LogP contribution in [0.1, 0.15) is 31.6 Å². The van der Waals surface area contributed by atoms with E-state index in [9.17, 15) is 19.2 Å². The molecule has 3 aromatic heterocycles. The lowest BCUT2D eigenvalue weighted by atomic mass is 10.0. The van der Waals surface area contributed by atoms with Gasteiger partial charge in [0.05, 0.1) is 18.4 Å². The molecule has 0 spiro atoms. The van der Waals surface area contributed by atoms with Crippen LogP contribution in [0.15, 0.2) is 52.6 Å². The minimum absolute atomic E-state index is 0.0681. The van der Waals surface area contributed by atoms with E-state index in [1.54, 1.807) is 41.7 Å². The number of imide groups is 2. The van der Waals surface area contributed by atoms with Crippen molar-refractivity contribution in [3.8, 4) is 22.9 Å². The molecule has 13 heteroatoms. The molecular formula is C24H20N8O5. The zero-order chi connectivity index (χ0) is 25.5. The Balaban J connectivity index is 1.22. The minimum atomic E-state index is -1.01. The molecule has 0 radical (unpaired) electrons. The fourth-order valence-corrected chi connectivity index (χ4v) is 4.78. The van der Waals surface area contributed by atoms with E-state index < -0.39 is 29.7 Å². The Morgan fingerprint density at radius 1 is 1.00 bits per heavy atom. The van der Waals surface area contributed by atoms with Gasteiger partial charge in [0, 0.05) is 30.9 Å². The van der Waals surface area contributed by atoms with Crippen molar-refractivity contribution in [3.05, 3.63) is 54.0 Å². The molecule has 0 aliphatic carbocycles. The number of piperidine rings is 1. The molecule has 1 saturated heterocycles. The maximum Gasteiger partial charge on any atom is 0.278 e. The van der Waals surface area contributed by atoms with Crippen molar-refractivity contribution in [1.82, 2.24) is 40.2 Å². The van der Waals surface area contributed by atoms with Gasteiger partial charge in [0.1, 0.15) is 23.1 Å². The van der Waals surface area contributed by atoms with Crippen molar-refractivity contribution in [1.29, 1.82) is 0 Å². The summed E-state index contributed by atoms with van der Waals surface area (Å²) in [5, 5.41) is 6.25. The fraction of sp³-hybridized carbons (Fsp3) is 0.292. The largest absolute Gasteiger partial charge is 0.357 e. The highest BCUT2D eigenvalue weighted by atomic mass is 16.5. The summed E-state index contributed by atoms with van der Waals surface area (Å²) in [5.41, 5.74) is 2.28. The normalized spacial score (nSPS) is 19.9. The van der Waals surface area contributed by atoms with Gasteiger partial charge in [-0.1, -0.05) is 11.2 Å². The molecule has 1 fully saturated rings. The lowest BCUT2D eigenvalue weighted by Crippen LogP contribution is -2.55. The number of hydrogen-bond acceptors (Lipinski definition) is 11. The molecule has 3 aromatic rings. The molecule has 186 valence electrons. The molecule has 0 saturated carbocycles. The SMILES string of the molecule is O=C1CCC(N2C(=O)C3=C(C2=O)N(Cc2nc(-c4cccc(-c5cnccn5)n4)no2)CCC3)C(=O)N1. The number of carbonyl (C=O) groups is 4. The van der Waals surface area contributed by atoms with Crippen LogP contribution in [0.5, 0.6) is 0 Å². The van der Waals surface area contributed by atoms with Gasteiger partial charge in [0.25, 0.3) is 11.8 Å². The first-order valence-corrected chi connectivity index (χ1v) is 11.8. The number of rotatable bonds is 5. The van der Waals surface area contributed by atoms with Crippen LogP contribution in [-0.4, -0.2) is 71.1 Å². The Hall–Kier alpha value is -4.81. The second kappa shape index (κ2) is 9.00. The zero-order valence-electron chi connectivity index (χ0n) is 19.5. The predicted molar refractivity (Wildman–Crippen MR) is 123 cm³/mol. The molecule has 6 rings (SSSR count). The molecule has 13 nitrogen and oxygen atoms in total. The number of nitrogens with zero attached hydrogens (tertiary/aromatic N) is 7. The predicted octanol–water partition coefficient (Wildman–Crippen LogP) is 0.612. The van der Waals surface area contributed by atoms with Crippen molar-refractivity contribution >= 4 is 23.6 Å². The number of hydrogen-bond donors (Lipinski definition) is 1. The molecule has 1 atom stereocenters. The molecule has 1 unspecified atom stereocenters. The van der Waals surface area contributed by atoms with E-state index in [-0.39, 0.29) is 36.8 Å². The Morgan fingerprint density at radius 2 is 1.86 bits per heavy atom. The summed E-state index contributed by atoms with van der Waals surface area (Å²) in [6.07, 6.45) is 6.00. The highest BCUT2D eigenvalue weighted by molar-refractivity contribution is 6.21. The topological polar surface area (TPSA) is 164 Å². The van der Waals surface area contributed by atoms with Crippen LogP contribution >= 0.6 is 0 Å². The summed E-state index contributed by atoms with van der Waals surface area (Å²) < 4.78 is 5.45. The molecule has 1 N–H and O–H groups in total. The van der Waals surface area contributed by atoms with Crippen molar-refractivity contribution in [3.63, 3.8) is 0 Å². The Bertz CT molecular complexity index is 1470. The zero-order valence-corrected chi connectivity index (χ0v) is 19.5. The van der Waals surface area contributed by atoms with E-state index in [0.717, 1.165) is 4.90 Å². The summed E-state index contributed by atoms with van der Waals surface area (Å²) in [6, 6.07) is 4.34. The van der Waals surface area contributed by atoms with Gasteiger partial charge in [-0.25, -0.2) is 4.98 Å². The van der Waals surface area contributed by atoms with E-state index in [1.165, 1.54) is 0 Å². The van der Waals surface area contributed by atoms with Gasteiger partial charge < -0.3 is 9.42 Å². The van der Waals surface area contributed by atoms with Gasteiger partial charge in [0.15, 0.2) is 0 Å². The van der Waals surface area contributed by atoms with Crippen molar-refractivity contribution in [2.24, 2.45) is 0 Å². The third kappa shape index (κ3) is 4.03. The smallest absolute Gasteiger partial charge is 0.278 e. The van der Waals surface area contributed by atoms with Crippen LogP contribution in [0, 0.1) is 0 Å². The minimum Gasteiger partial charge on any atom is -0.357 e. The van der Waals surface area contributed by atoms with Crippen molar-refractivity contribution in [2.75, 3.05) is 6.54 Å². The molecule has 0 bridgehead atoms. The van der Waals surface area contributed by atoms with Crippen LogP contribution in [0.2, 0.25) is 0 Å². The maximum atomic E-state index is 13.3. The third-order valence-corrected chi connectivity index (χ3v) is 6.48. The number of carbonyl (C=O) groups excluding carboxylic acids is 4. The number of nitrogens with one attached hydrogen (secondary N) is 1. The molecule has 4 amide bonds. The highest BCUT2D eigenvalue weighted by Crippen LogP contribution is 2.34. The highest BCUT2D eigenvalue weighted by Gasteiger charge is 2.48. The van der Waals surface area contributed by atoms with Crippen LogP contribution in [0.3, 0.4) is 0 Å². The molecule has 6 heterocycles. The first-order chi connectivity index (χ1) is 18.0. The number of pyridine rings is 1. The van der Waals surface area contributed by atoms with E-state index >= 15 is 0 Å². The fourth-order valence-electron chi connectivity index (χ4n) is 4.78. The van der Waals surface area contributed by atoms with Crippen LogP contribution in [0.4, 0.5) is 0 Å². The molecule has 0 aromatic carbocycles. The van der Waals surface area contributed by atoms with Gasteiger partial charge in [-0.3, -0.25) is 39.4 Å². The van der Waals surface area contributed by atoms with Gasteiger partial charge in [-0.15, -0.1) is 0 Å². The average Bonchev–Trinajstić information content (AvgIpc) is 3.48. The average molecular weight is 500 g/mol. The summed E-state index contributed by atoms with van der Waals surface area (Å²) in [5.74, 6) is -1.57. The van der Waals surface area contributed by atoms with E-state index in [2.05, 4.69) is 30.4 Å². The lowest BCUT2D eigenvalue weighted by molar-refractivity contribution is -0.150. The maximum absolute atomic E-state index is 13.3. The van der Waals surface area contributed by atoms with E-state index in [0.29, 0.717) is 42.0 Å². The van der Waals surface area contributed by atoms with Crippen LogP contribution in [-0.2, 0) is 25.7 Å². The van der Waals surface area contributed by atoms with E-state index in [4.69, 9.17) is 4.52 Å². The van der Waals surface area contributed by atoms with Crippen LogP contribution in [0.25, 0.3) is 22.9 Å². The summed E-state index contributed by atoms with van der Waals surface area (Å²) >= 11 is 0. The quantitative estimate of drug-likeness (QED) is 0.488. The Morgan fingerprint density at radius 3 is 2.68 bits per heavy atom. The first-order valence-electron chi connectivity index (χ1n) is 11.8. The molecule has 3 aliphatic heterocycles. The number of aromatic nitrogens is 5.